The zero-order valence-electron chi connectivity index (χ0n) is 14.9. The fourth-order valence-corrected chi connectivity index (χ4v) is 2.94. The second-order valence-corrected chi connectivity index (χ2v) is 7.20. The van der Waals surface area contributed by atoms with E-state index in [9.17, 15) is 9.59 Å². The Morgan fingerprint density at radius 1 is 1.21 bits per heavy atom. The first kappa shape index (κ1) is 18.7. The molecule has 1 aromatic carbocycles. The minimum atomic E-state index is -1.12. The van der Waals surface area contributed by atoms with Gasteiger partial charge in [-0.1, -0.05) is 24.6 Å². The molecule has 24 heavy (non-hydrogen) atoms. The lowest BCUT2D eigenvalue weighted by molar-refractivity contribution is -0.147. The van der Waals surface area contributed by atoms with Gasteiger partial charge in [-0.2, -0.15) is 0 Å². The summed E-state index contributed by atoms with van der Waals surface area (Å²) in [5.74, 6) is -0.439. The summed E-state index contributed by atoms with van der Waals surface area (Å²) in [6, 6.07) is 5.32. The van der Waals surface area contributed by atoms with E-state index in [1.807, 2.05) is 13.0 Å². The Labute approximate surface area is 149 Å². The molecule has 0 saturated carbocycles. The quantitative estimate of drug-likeness (QED) is 0.849. The van der Waals surface area contributed by atoms with E-state index >= 15 is 0 Å². The number of halogens is 1. The first-order valence-electron chi connectivity index (χ1n) is 8.35. The predicted octanol–water partition coefficient (Wildman–Crippen LogP) is 2.78. The second-order valence-electron chi connectivity index (χ2n) is 6.76. The van der Waals surface area contributed by atoms with Gasteiger partial charge in [-0.25, -0.2) is 0 Å². The van der Waals surface area contributed by atoms with Gasteiger partial charge in [0.2, 0.25) is 11.8 Å². The number of rotatable bonds is 4. The lowest BCUT2D eigenvalue weighted by Gasteiger charge is -2.37. The van der Waals surface area contributed by atoms with Crippen LogP contribution in [0.25, 0.3) is 0 Å². The van der Waals surface area contributed by atoms with Crippen LogP contribution in [-0.2, 0) is 9.59 Å². The molecule has 1 aliphatic heterocycles. The van der Waals surface area contributed by atoms with Gasteiger partial charge in [-0.15, -0.1) is 0 Å². The number of carbonyl (C=O) groups excluding carboxylic acids is 2. The SMILES string of the molecule is CCN1CCN(C(=O)C(C)(C)C(=O)Nc2cc(Cl)ccc2C)CC1. The van der Waals surface area contributed by atoms with E-state index < -0.39 is 5.41 Å². The molecule has 1 N–H and O–H groups in total. The first-order chi connectivity index (χ1) is 11.3. The molecule has 2 amide bonds. The molecule has 1 fully saturated rings. The van der Waals surface area contributed by atoms with Gasteiger partial charge in [0.1, 0.15) is 5.41 Å². The molecule has 132 valence electrons. The third-order valence-corrected chi connectivity index (χ3v) is 4.89. The Morgan fingerprint density at radius 2 is 1.83 bits per heavy atom. The van der Waals surface area contributed by atoms with Crippen molar-refractivity contribution in [3.8, 4) is 0 Å². The van der Waals surface area contributed by atoms with Crippen molar-refractivity contribution in [2.45, 2.75) is 27.7 Å². The van der Waals surface area contributed by atoms with E-state index in [4.69, 9.17) is 11.6 Å². The highest BCUT2D eigenvalue weighted by atomic mass is 35.5. The van der Waals surface area contributed by atoms with E-state index in [2.05, 4.69) is 17.1 Å². The number of aryl methyl sites for hydroxylation is 1. The summed E-state index contributed by atoms with van der Waals surface area (Å²) in [5.41, 5.74) is 0.431. The smallest absolute Gasteiger partial charge is 0.239 e. The van der Waals surface area contributed by atoms with Gasteiger partial charge in [0.05, 0.1) is 0 Å². The van der Waals surface area contributed by atoms with E-state index in [0.29, 0.717) is 23.8 Å². The highest BCUT2D eigenvalue weighted by Crippen LogP contribution is 2.26. The van der Waals surface area contributed by atoms with Crippen molar-refractivity contribution in [3.63, 3.8) is 0 Å². The molecule has 1 aliphatic rings. The van der Waals surface area contributed by atoms with Crippen LogP contribution in [-0.4, -0.2) is 54.3 Å². The Bertz CT molecular complexity index is 623. The molecule has 1 saturated heterocycles. The van der Waals surface area contributed by atoms with Crippen LogP contribution in [0.5, 0.6) is 0 Å². The topological polar surface area (TPSA) is 52.7 Å². The maximum absolute atomic E-state index is 12.8. The molecule has 1 heterocycles. The minimum Gasteiger partial charge on any atom is -0.339 e. The summed E-state index contributed by atoms with van der Waals surface area (Å²) >= 11 is 6.00. The molecule has 0 unspecified atom stereocenters. The average molecular weight is 352 g/mol. The molecule has 0 atom stereocenters. The monoisotopic (exact) mass is 351 g/mol. The maximum Gasteiger partial charge on any atom is 0.239 e. The van der Waals surface area contributed by atoms with Crippen molar-refractivity contribution in [1.82, 2.24) is 9.80 Å². The number of hydrogen-bond acceptors (Lipinski definition) is 3. The summed E-state index contributed by atoms with van der Waals surface area (Å²) in [5, 5.41) is 3.40. The van der Waals surface area contributed by atoms with Crippen molar-refractivity contribution in [2.75, 3.05) is 38.0 Å². The number of hydrogen-bond donors (Lipinski definition) is 1. The average Bonchev–Trinajstić information content (AvgIpc) is 2.57. The molecule has 0 aromatic heterocycles. The highest BCUT2D eigenvalue weighted by molar-refractivity contribution is 6.31. The molecular formula is C18H26ClN3O2. The standard InChI is InChI=1S/C18H26ClN3O2/c1-5-21-8-10-22(11-9-21)17(24)18(3,4)16(23)20-15-12-14(19)7-6-13(15)2/h6-7,12H,5,8-11H2,1-4H3,(H,20,23). The fourth-order valence-electron chi connectivity index (χ4n) is 2.77. The Hall–Kier alpha value is -1.59. The van der Waals surface area contributed by atoms with Crippen molar-refractivity contribution >= 4 is 29.1 Å². The van der Waals surface area contributed by atoms with E-state index in [-0.39, 0.29) is 11.8 Å². The summed E-state index contributed by atoms with van der Waals surface area (Å²) in [7, 11) is 0. The largest absolute Gasteiger partial charge is 0.339 e. The Kier molecular flexibility index (Phi) is 5.88. The number of likely N-dealkylation sites (N-methyl/N-ethyl adjacent to an activating group) is 1. The van der Waals surface area contributed by atoms with Crippen LogP contribution in [0.15, 0.2) is 18.2 Å². The molecule has 6 heteroatoms. The molecule has 1 aromatic rings. The molecule has 0 bridgehead atoms. The molecule has 0 spiro atoms. The molecular weight excluding hydrogens is 326 g/mol. The lowest BCUT2D eigenvalue weighted by Crippen LogP contribution is -2.54. The number of nitrogens with one attached hydrogen (secondary N) is 1. The van der Waals surface area contributed by atoms with Gasteiger partial charge in [0, 0.05) is 36.9 Å². The third kappa shape index (κ3) is 4.08. The third-order valence-electron chi connectivity index (χ3n) is 4.66. The number of nitrogens with zero attached hydrogens (tertiary/aromatic N) is 2. The first-order valence-corrected chi connectivity index (χ1v) is 8.73. The van der Waals surface area contributed by atoms with E-state index in [1.54, 1.807) is 30.9 Å². The Balaban J connectivity index is 2.07. The van der Waals surface area contributed by atoms with Gasteiger partial charge in [0.25, 0.3) is 0 Å². The van der Waals surface area contributed by atoms with Gasteiger partial charge in [-0.3, -0.25) is 9.59 Å². The van der Waals surface area contributed by atoms with Crippen LogP contribution in [0.4, 0.5) is 5.69 Å². The van der Waals surface area contributed by atoms with Crippen molar-refractivity contribution in [1.29, 1.82) is 0 Å². The van der Waals surface area contributed by atoms with Gasteiger partial charge in [0.15, 0.2) is 0 Å². The number of anilines is 1. The van der Waals surface area contributed by atoms with Crippen LogP contribution >= 0.6 is 11.6 Å². The van der Waals surface area contributed by atoms with E-state index in [0.717, 1.165) is 25.2 Å². The Morgan fingerprint density at radius 3 is 2.42 bits per heavy atom. The second kappa shape index (κ2) is 7.53. The zero-order valence-corrected chi connectivity index (χ0v) is 15.6. The van der Waals surface area contributed by atoms with Crippen molar-refractivity contribution in [2.24, 2.45) is 5.41 Å². The van der Waals surface area contributed by atoms with Gasteiger partial charge in [-0.05, 0) is 45.0 Å². The molecule has 0 radical (unpaired) electrons. The minimum absolute atomic E-state index is 0.129. The van der Waals surface area contributed by atoms with E-state index in [1.165, 1.54) is 0 Å². The normalized spacial score (nSPS) is 16.1. The molecule has 0 aliphatic carbocycles. The lowest BCUT2D eigenvalue weighted by atomic mass is 9.89. The summed E-state index contributed by atoms with van der Waals surface area (Å²) < 4.78 is 0. The highest BCUT2D eigenvalue weighted by Gasteiger charge is 2.40. The summed E-state index contributed by atoms with van der Waals surface area (Å²) in [6.45, 7) is 11.4. The van der Waals surface area contributed by atoms with Crippen LogP contribution in [0.1, 0.15) is 26.3 Å². The van der Waals surface area contributed by atoms with Crippen molar-refractivity contribution < 1.29 is 9.59 Å². The zero-order chi connectivity index (χ0) is 17.9. The predicted molar refractivity (Wildman–Crippen MR) is 97.3 cm³/mol. The van der Waals surface area contributed by atoms with Crippen LogP contribution < -0.4 is 5.32 Å². The van der Waals surface area contributed by atoms with Gasteiger partial charge >= 0.3 is 0 Å². The number of amides is 2. The van der Waals surface area contributed by atoms with Gasteiger partial charge < -0.3 is 15.1 Å². The van der Waals surface area contributed by atoms with Crippen LogP contribution in [0, 0.1) is 12.3 Å². The molecule has 2 rings (SSSR count). The summed E-state index contributed by atoms with van der Waals surface area (Å²) in [6.07, 6.45) is 0. The number of piperazine rings is 1. The fraction of sp³-hybridized carbons (Fsp3) is 0.556. The molecule has 5 nitrogen and oxygen atoms in total. The number of benzene rings is 1. The van der Waals surface area contributed by atoms with Crippen LogP contribution in [0.2, 0.25) is 5.02 Å². The van der Waals surface area contributed by atoms with Crippen molar-refractivity contribution in [3.05, 3.63) is 28.8 Å². The summed E-state index contributed by atoms with van der Waals surface area (Å²) in [4.78, 5) is 29.6. The number of carbonyl (C=O) groups is 2. The maximum atomic E-state index is 12.8. The van der Waals surface area contributed by atoms with Crippen LogP contribution in [0.3, 0.4) is 0 Å².